The number of primary sulfonamides is 1. The van der Waals surface area contributed by atoms with E-state index in [2.05, 4.69) is 18.2 Å². The van der Waals surface area contributed by atoms with Crippen molar-refractivity contribution in [2.75, 3.05) is 25.6 Å². The van der Waals surface area contributed by atoms with E-state index in [-0.39, 0.29) is 18.5 Å². The fraction of sp³-hybridized carbons (Fsp3) is 0.571. The number of aryl methyl sites for hydroxylation is 1. The number of hydrogen-bond donors (Lipinski definition) is 1. The molecule has 0 bridgehead atoms. The normalized spacial score (nSPS) is 18.8. The Morgan fingerprint density at radius 3 is 2.80 bits per heavy atom. The maximum atomic E-state index is 10.7. The molecule has 6 heteroatoms. The van der Waals surface area contributed by atoms with Gasteiger partial charge in [0.15, 0.2) is 0 Å². The minimum Gasteiger partial charge on any atom is -0.378 e. The van der Waals surface area contributed by atoms with Crippen molar-refractivity contribution in [3.63, 3.8) is 0 Å². The lowest BCUT2D eigenvalue weighted by Crippen LogP contribution is -2.21. The molecule has 0 fully saturated rings. The van der Waals surface area contributed by atoms with Gasteiger partial charge < -0.3 is 9.47 Å². The number of benzene rings is 1. The summed E-state index contributed by atoms with van der Waals surface area (Å²) in [5, 5.41) is 4.88. The molecule has 0 saturated carbocycles. The molecule has 0 heterocycles. The molecule has 2 rings (SSSR count). The molecule has 0 saturated heterocycles. The van der Waals surface area contributed by atoms with E-state index >= 15 is 0 Å². The van der Waals surface area contributed by atoms with Gasteiger partial charge in [0.1, 0.15) is 0 Å². The third-order valence-corrected chi connectivity index (χ3v) is 4.11. The number of sulfonamides is 1. The first kappa shape index (κ1) is 15.4. The van der Waals surface area contributed by atoms with Gasteiger partial charge in [0, 0.05) is 0 Å². The first-order valence-electron chi connectivity index (χ1n) is 6.84. The summed E-state index contributed by atoms with van der Waals surface area (Å²) in [6, 6.07) is 8.34. The Morgan fingerprint density at radius 1 is 1.20 bits per heavy atom. The summed E-state index contributed by atoms with van der Waals surface area (Å²) in [6.07, 6.45) is 3.39. The second-order valence-corrected chi connectivity index (χ2v) is 6.66. The molecule has 1 aliphatic carbocycles. The zero-order chi connectivity index (χ0) is 14.4. The molecule has 2 N–H and O–H groups in total. The topological polar surface area (TPSA) is 78.6 Å². The molecule has 20 heavy (non-hydrogen) atoms. The molecular formula is C14H21NO4S. The van der Waals surface area contributed by atoms with E-state index in [1.807, 2.05) is 6.07 Å². The first-order chi connectivity index (χ1) is 9.56. The van der Waals surface area contributed by atoms with Gasteiger partial charge in [-0.2, -0.15) is 0 Å². The van der Waals surface area contributed by atoms with Gasteiger partial charge in [0.25, 0.3) is 0 Å². The zero-order valence-electron chi connectivity index (χ0n) is 11.5. The molecule has 1 aliphatic rings. The first-order valence-corrected chi connectivity index (χ1v) is 8.55. The molecular weight excluding hydrogens is 278 g/mol. The van der Waals surface area contributed by atoms with Gasteiger partial charge in [-0.15, -0.1) is 0 Å². The van der Waals surface area contributed by atoms with Crippen molar-refractivity contribution in [2.45, 2.75) is 25.4 Å². The van der Waals surface area contributed by atoms with Crippen molar-refractivity contribution >= 4 is 10.0 Å². The van der Waals surface area contributed by atoms with E-state index in [4.69, 9.17) is 14.6 Å². The van der Waals surface area contributed by atoms with Crippen LogP contribution in [0, 0.1) is 0 Å². The Bertz CT molecular complexity index is 530. The van der Waals surface area contributed by atoms with Crippen molar-refractivity contribution in [3.05, 3.63) is 35.4 Å². The number of hydrogen-bond acceptors (Lipinski definition) is 4. The summed E-state index contributed by atoms with van der Waals surface area (Å²) < 4.78 is 32.5. The van der Waals surface area contributed by atoms with Gasteiger partial charge in [-0.3, -0.25) is 0 Å². The van der Waals surface area contributed by atoms with E-state index in [1.54, 1.807) is 0 Å². The summed E-state index contributed by atoms with van der Waals surface area (Å²) in [6.45, 7) is 0.960. The van der Waals surface area contributed by atoms with Crippen LogP contribution in [0.4, 0.5) is 0 Å². The van der Waals surface area contributed by atoms with Gasteiger partial charge in [0.05, 0.1) is 31.7 Å². The van der Waals surface area contributed by atoms with Gasteiger partial charge >= 0.3 is 0 Å². The summed E-state index contributed by atoms with van der Waals surface area (Å²) >= 11 is 0. The van der Waals surface area contributed by atoms with Crippen molar-refractivity contribution in [3.8, 4) is 0 Å². The lowest BCUT2D eigenvalue weighted by atomic mass is 9.89. The smallest absolute Gasteiger partial charge is 0.211 e. The highest BCUT2D eigenvalue weighted by Crippen LogP contribution is 2.31. The minimum atomic E-state index is -3.44. The van der Waals surface area contributed by atoms with Crippen LogP contribution in [-0.4, -0.2) is 34.0 Å². The van der Waals surface area contributed by atoms with Crippen LogP contribution in [0.2, 0.25) is 0 Å². The van der Waals surface area contributed by atoms with Crippen LogP contribution in [0.3, 0.4) is 0 Å². The van der Waals surface area contributed by atoms with Crippen molar-refractivity contribution in [2.24, 2.45) is 5.14 Å². The fourth-order valence-corrected chi connectivity index (χ4v) is 2.76. The average Bonchev–Trinajstić information content (AvgIpc) is 2.41. The Morgan fingerprint density at radius 2 is 2.00 bits per heavy atom. The van der Waals surface area contributed by atoms with E-state index < -0.39 is 10.0 Å². The molecule has 0 spiro atoms. The molecule has 5 nitrogen and oxygen atoms in total. The Kier molecular flexibility index (Phi) is 5.54. The van der Waals surface area contributed by atoms with Crippen LogP contribution >= 0.6 is 0 Å². The second-order valence-electron chi connectivity index (χ2n) is 4.93. The number of fused-ring (bicyclic) bond motifs is 1. The van der Waals surface area contributed by atoms with Crippen molar-refractivity contribution in [1.29, 1.82) is 0 Å². The predicted octanol–water partition coefficient (Wildman–Crippen LogP) is 1.39. The van der Waals surface area contributed by atoms with Gasteiger partial charge in [0.2, 0.25) is 10.0 Å². The lowest BCUT2D eigenvalue weighted by molar-refractivity contribution is -0.000470. The van der Waals surface area contributed by atoms with Gasteiger partial charge in [-0.1, -0.05) is 24.3 Å². The number of nitrogens with two attached hydrogens (primary N) is 1. The quantitative estimate of drug-likeness (QED) is 0.772. The van der Waals surface area contributed by atoms with Crippen LogP contribution in [0.1, 0.15) is 30.1 Å². The largest absolute Gasteiger partial charge is 0.378 e. The standard InChI is InChI=1S/C14H21NO4S/c15-20(16,17)11-10-18-8-9-19-14-7-3-5-12-4-1-2-6-13(12)14/h1-2,4,6,14H,3,5,7-11H2,(H2,15,16,17). The molecule has 0 radical (unpaired) electrons. The highest BCUT2D eigenvalue weighted by molar-refractivity contribution is 7.89. The Labute approximate surface area is 120 Å². The second kappa shape index (κ2) is 7.17. The molecule has 112 valence electrons. The molecule has 1 aromatic rings. The maximum Gasteiger partial charge on any atom is 0.211 e. The third-order valence-electron chi connectivity index (χ3n) is 3.37. The minimum absolute atomic E-state index is 0.115. The number of rotatable bonds is 7. The van der Waals surface area contributed by atoms with Crippen molar-refractivity contribution in [1.82, 2.24) is 0 Å². The van der Waals surface area contributed by atoms with Crippen LogP contribution in [0.5, 0.6) is 0 Å². The molecule has 0 aromatic heterocycles. The Balaban J connectivity index is 1.70. The summed E-state index contributed by atoms with van der Waals surface area (Å²) in [4.78, 5) is 0. The van der Waals surface area contributed by atoms with Crippen molar-refractivity contribution < 1.29 is 17.9 Å². The van der Waals surface area contributed by atoms with E-state index in [0.717, 1.165) is 19.3 Å². The average molecular weight is 299 g/mol. The van der Waals surface area contributed by atoms with Gasteiger partial charge in [-0.25, -0.2) is 13.6 Å². The fourth-order valence-electron chi connectivity index (χ4n) is 2.41. The van der Waals surface area contributed by atoms with Crippen LogP contribution < -0.4 is 5.14 Å². The molecule has 1 aromatic carbocycles. The molecule has 0 aliphatic heterocycles. The highest BCUT2D eigenvalue weighted by atomic mass is 32.2. The maximum absolute atomic E-state index is 10.7. The Hall–Kier alpha value is -0.950. The zero-order valence-corrected chi connectivity index (χ0v) is 12.3. The SMILES string of the molecule is NS(=O)(=O)CCOCCOC1CCCc2ccccc21. The number of ether oxygens (including phenoxy) is 2. The predicted molar refractivity (Wildman–Crippen MR) is 76.9 cm³/mol. The van der Waals surface area contributed by atoms with Crippen LogP contribution in [0.15, 0.2) is 24.3 Å². The summed E-state index contributed by atoms with van der Waals surface area (Å²) in [5.74, 6) is -0.154. The van der Waals surface area contributed by atoms with Crippen LogP contribution in [0.25, 0.3) is 0 Å². The molecule has 0 amide bonds. The third kappa shape index (κ3) is 4.86. The van der Waals surface area contributed by atoms with Gasteiger partial charge in [-0.05, 0) is 30.4 Å². The summed E-state index contributed by atoms with van der Waals surface area (Å²) in [5.41, 5.74) is 2.63. The highest BCUT2D eigenvalue weighted by Gasteiger charge is 2.19. The monoisotopic (exact) mass is 299 g/mol. The van der Waals surface area contributed by atoms with E-state index in [0.29, 0.717) is 13.2 Å². The van der Waals surface area contributed by atoms with E-state index in [9.17, 15) is 8.42 Å². The lowest BCUT2D eigenvalue weighted by Gasteiger charge is -2.25. The van der Waals surface area contributed by atoms with E-state index in [1.165, 1.54) is 11.1 Å². The summed E-state index contributed by atoms with van der Waals surface area (Å²) in [7, 11) is -3.44. The van der Waals surface area contributed by atoms with Crippen LogP contribution in [-0.2, 0) is 25.9 Å². The molecule has 1 unspecified atom stereocenters. The molecule has 1 atom stereocenters.